The van der Waals surface area contributed by atoms with Crippen LogP contribution in [0.25, 0.3) is 0 Å². The van der Waals surface area contributed by atoms with Gasteiger partial charge in [-0.15, -0.1) is 24.0 Å². The number of nitrogens with one attached hydrogen (secondary N) is 2. The lowest BCUT2D eigenvalue weighted by Gasteiger charge is -2.37. The molecule has 0 spiro atoms. The third-order valence-electron chi connectivity index (χ3n) is 4.30. The van der Waals surface area contributed by atoms with Crippen LogP contribution in [0.5, 0.6) is 0 Å². The first kappa shape index (κ1) is 22.4. The molecule has 0 aromatic carbocycles. The Morgan fingerprint density at radius 2 is 2.00 bits per heavy atom. The highest BCUT2D eigenvalue weighted by atomic mass is 127. The molecule has 7 nitrogen and oxygen atoms in total. The Bertz CT molecular complexity index is 428. The number of halogens is 1. The molecule has 0 bridgehead atoms. The first-order valence-electron chi connectivity index (χ1n) is 9.16. The van der Waals surface area contributed by atoms with Gasteiger partial charge >= 0.3 is 0 Å². The van der Waals surface area contributed by atoms with Gasteiger partial charge in [-0.05, 0) is 19.8 Å². The van der Waals surface area contributed by atoms with Crippen LogP contribution >= 0.6 is 24.0 Å². The summed E-state index contributed by atoms with van der Waals surface area (Å²) in [5.74, 6) is 0.969. The van der Waals surface area contributed by atoms with E-state index in [1.165, 1.54) is 0 Å². The fourth-order valence-corrected chi connectivity index (χ4v) is 2.96. The summed E-state index contributed by atoms with van der Waals surface area (Å²) >= 11 is 0. The fraction of sp³-hybridized carbons (Fsp3) is 0.882. The first-order chi connectivity index (χ1) is 11.6. The van der Waals surface area contributed by atoms with Crippen LogP contribution in [0.4, 0.5) is 0 Å². The van der Waals surface area contributed by atoms with Crippen molar-refractivity contribution in [2.45, 2.75) is 45.8 Å². The zero-order valence-corrected chi connectivity index (χ0v) is 18.0. The van der Waals surface area contributed by atoms with Crippen molar-refractivity contribution in [1.29, 1.82) is 0 Å². The Hall–Kier alpha value is -0.610. The van der Waals surface area contributed by atoms with E-state index in [4.69, 9.17) is 9.47 Å². The minimum absolute atomic E-state index is 0. The Kier molecular flexibility index (Phi) is 10.7. The third-order valence-corrected chi connectivity index (χ3v) is 4.30. The molecule has 0 radical (unpaired) electrons. The van der Waals surface area contributed by atoms with Gasteiger partial charge in [-0.2, -0.15) is 0 Å². The number of hydrogen-bond donors (Lipinski definition) is 2. The highest BCUT2D eigenvalue weighted by Crippen LogP contribution is 2.21. The fourth-order valence-electron chi connectivity index (χ4n) is 2.96. The highest BCUT2D eigenvalue weighted by molar-refractivity contribution is 14.0. The standard InChI is InChI=1S/C17H32N4O3.HI/c1-4-18-17(20-8-7-19-16(22)13(2)3)21-9-11-24-15(12-21)14-6-5-10-23-14;/h13-15H,4-12H2,1-3H3,(H,18,20)(H,19,22);1H. The molecule has 25 heavy (non-hydrogen) atoms. The van der Waals surface area contributed by atoms with Gasteiger partial charge in [0, 0.05) is 38.7 Å². The Labute approximate surface area is 168 Å². The van der Waals surface area contributed by atoms with E-state index in [0.29, 0.717) is 19.7 Å². The first-order valence-corrected chi connectivity index (χ1v) is 9.16. The van der Waals surface area contributed by atoms with E-state index in [2.05, 4.69) is 27.4 Å². The summed E-state index contributed by atoms with van der Waals surface area (Å²) in [7, 11) is 0. The summed E-state index contributed by atoms with van der Waals surface area (Å²) < 4.78 is 11.7. The quantitative estimate of drug-likeness (QED) is 0.266. The molecule has 2 aliphatic rings. The summed E-state index contributed by atoms with van der Waals surface area (Å²) in [5.41, 5.74) is 0. The van der Waals surface area contributed by atoms with E-state index in [-0.39, 0.29) is 48.0 Å². The maximum Gasteiger partial charge on any atom is 0.222 e. The number of ether oxygens (including phenoxy) is 2. The SMILES string of the molecule is CCNC(=NCCNC(=O)C(C)C)N1CCOC(C2CCCO2)C1.I. The van der Waals surface area contributed by atoms with Gasteiger partial charge in [-0.3, -0.25) is 9.79 Å². The Balaban J connectivity index is 0.00000312. The Morgan fingerprint density at radius 3 is 2.64 bits per heavy atom. The second kappa shape index (κ2) is 11.9. The smallest absolute Gasteiger partial charge is 0.222 e. The molecule has 2 N–H and O–H groups in total. The molecule has 0 aromatic rings. The van der Waals surface area contributed by atoms with Gasteiger partial charge in [0.25, 0.3) is 0 Å². The number of carbonyl (C=O) groups is 1. The zero-order valence-electron chi connectivity index (χ0n) is 15.6. The number of nitrogens with zero attached hydrogens (tertiary/aromatic N) is 2. The molecule has 8 heteroatoms. The molecule has 0 aliphatic carbocycles. The monoisotopic (exact) mass is 468 g/mol. The van der Waals surface area contributed by atoms with Gasteiger partial charge in [-0.1, -0.05) is 13.8 Å². The minimum atomic E-state index is 0. The molecule has 2 fully saturated rings. The molecular formula is C17H33IN4O3. The summed E-state index contributed by atoms with van der Waals surface area (Å²) in [6.07, 6.45) is 2.52. The second-order valence-electron chi connectivity index (χ2n) is 6.59. The molecule has 2 heterocycles. The van der Waals surface area contributed by atoms with Crippen molar-refractivity contribution in [3.05, 3.63) is 0 Å². The highest BCUT2D eigenvalue weighted by Gasteiger charge is 2.32. The molecular weight excluding hydrogens is 435 g/mol. The number of amides is 1. The molecule has 2 aliphatic heterocycles. The normalized spacial score (nSPS) is 24.2. The molecule has 2 unspecified atom stereocenters. The van der Waals surface area contributed by atoms with Crippen molar-refractivity contribution in [3.8, 4) is 0 Å². The third kappa shape index (κ3) is 7.26. The molecule has 146 valence electrons. The maximum atomic E-state index is 11.6. The van der Waals surface area contributed by atoms with Crippen LogP contribution in [0.3, 0.4) is 0 Å². The number of guanidine groups is 1. The van der Waals surface area contributed by atoms with E-state index in [1.54, 1.807) is 0 Å². The zero-order chi connectivity index (χ0) is 17.4. The number of aliphatic imine (C=N–C) groups is 1. The van der Waals surface area contributed by atoms with Crippen LogP contribution in [0.2, 0.25) is 0 Å². The van der Waals surface area contributed by atoms with Crippen LogP contribution in [-0.2, 0) is 14.3 Å². The van der Waals surface area contributed by atoms with Crippen molar-refractivity contribution >= 4 is 35.8 Å². The number of hydrogen-bond acceptors (Lipinski definition) is 4. The van der Waals surface area contributed by atoms with Gasteiger partial charge in [0.05, 0.1) is 19.3 Å². The lowest BCUT2D eigenvalue weighted by molar-refractivity contribution is -0.123. The largest absolute Gasteiger partial charge is 0.375 e. The summed E-state index contributed by atoms with van der Waals surface area (Å²) in [6.45, 7) is 11.0. The van der Waals surface area contributed by atoms with Crippen LogP contribution in [0, 0.1) is 5.92 Å². The van der Waals surface area contributed by atoms with Crippen LogP contribution in [0.1, 0.15) is 33.6 Å². The Morgan fingerprint density at radius 1 is 1.24 bits per heavy atom. The predicted octanol–water partition coefficient (Wildman–Crippen LogP) is 1.22. The van der Waals surface area contributed by atoms with Gasteiger partial charge in [0.1, 0.15) is 6.10 Å². The van der Waals surface area contributed by atoms with E-state index in [1.807, 2.05) is 13.8 Å². The van der Waals surface area contributed by atoms with Crippen molar-refractivity contribution in [1.82, 2.24) is 15.5 Å². The van der Waals surface area contributed by atoms with Crippen molar-refractivity contribution in [2.24, 2.45) is 10.9 Å². The molecule has 0 saturated carbocycles. The van der Waals surface area contributed by atoms with Gasteiger partial charge < -0.3 is 25.0 Å². The second-order valence-corrected chi connectivity index (χ2v) is 6.59. The molecule has 1 amide bonds. The number of rotatable bonds is 6. The number of morpholine rings is 1. The van der Waals surface area contributed by atoms with E-state index in [9.17, 15) is 4.79 Å². The predicted molar refractivity (Wildman–Crippen MR) is 110 cm³/mol. The molecule has 2 atom stereocenters. The minimum Gasteiger partial charge on any atom is -0.375 e. The van der Waals surface area contributed by atoms with Gasteiger partial charge in [-0.25, -0.2) is 0 Å². The van der Waals surface area contributed by atoms with Crippen molar-refractivity contribution in [2.75, 3.05) is 45.9 Å². The molecule has 2 rings (SSSR count). The summed E-state index contributed by atoms with van der Waals surface area (Å²) in [4.78, 5) is 18.5. The van der Waals surface area contributed by atoms with Crippen molar-refractivity contribution < 1.29 is 14.3 Å². The topological polar surface area (TPSA) is 75.2 Å². The maximum absolute atomic E-state index is 11.6. The van der Waals surface area contributed by atoms with Crippen LogP contribution in [0.15, 0.2) is 4.99 Å². The van der Waals surface area contributed by atoms with Gasteiger partial charge in [0.15, 0.2) is 5.96 Å². The molecule has 2 saturated heterocycles. The summed E-state index contributed by atoms with van der Waals surface area (Å²) in [5, 5.41) is 6.24. The van der Waals surface area contributed by atoms with E-state index >= 15 is 0 Å². The van der Waals surface area contributed by atoms with Gasteiger partial charge in [0.2, 0.25) is 5.91 Å². The van der Waals surface area contributed by atoms with E-state index in [0.717, 1.165) is 45.0 Å². The lowest BCUT2D eigenvalue weighted by Crippen LogP contribution is -2.53. The average molecular weight is 468 g/mol. The van der Waals surface area contributed by atoms with E-state index < -0.39 is 0 Å². The van der Waals surface area contributed by atoms with Crippen LogP contribution in [-0.4, -0.2) is 74.9 Å². The lowest BCUT2D eigenvalue weighted by atomic mass is 10.1. The average Bonchev–Trinajstić information content (AvgIpc) is 3.12. The van der Waals surface area contributed by atoms with Crippen LogP contribution < -0.4 is 10.6 Å². The van der Waals surface area contributed by atoms with Crippen molar-refractivity contribution in [3.63, 3.8) is 0 Å². The number of carbonyl (C=O) groups excluding carboxylic acids is 1. The summed E-state index contributed by atoms with van der Waals surface area (Å²) in [6, 6.07) is 0. The molecule has 0 aromatic heterocycles.